The van der Waals surface area contributed by atoms with Crippen LogP contribution in [0.25, 0.3) is 0 Å². The van der Waals surface area contributed by atoms with Gasteiger partial charge in [0.2, 0.25) is 10.0 Å². The van der Waals surface area contributed by atoms with Crippen LogP contribution in [-0.4, -0.2) is 46.1 Å². The first-order valence-corrected chi connectivity index (χ1v) is 9.21. The first-order valence-electron chi connectivity index (χ1n) is 6.98. The van der Waals surface area contributed by atoms with Gasteiger partial charge in [-0.1, -0.05) is 13.0 Å². The van der Waals surface area contributed by atoms with Crippen LogP contribution in [0.1, 0.15) is 19.4 Å². The lowest BCUT2D eigenvalue weighted by molar-refractivity contribution is 0.135. The third kappa shape index (κ3) is 5.03. The highest BCUT2D eigenvalue weighted by Crippen LogP contribution is 2.26. The monoisotopic (exact) mass is 378 g/mol. The van der Waals surface area contributed by atoms with Crippen molar-refractivity contribution in [2.45, 2.75) is 25.3 Å². The van der Waals surface area contributed by atoms with Crippen LogP contribution in [-0.2, 0) is 21.3 Å². The number of halogens is 1. The molecule has 1 rings (SSSR count). The Morgan fingerprint density at radius 2 is 2.05 bits per heavy atom. The molecule has 5 nitrogen and oxygen atoms in total. The molecule has 0 spiro atoms. The van der Waals surface area contributed by atoms with E-state index < -0.39 is 10.0 Å². The van der Waals surface area contributed by atoms with Crippen molar-refractivity contribution in [1.82, 2.24) is 9.62 Å². The molecule has 1 aromatic carbocycles. The van der Waals surface area contributed by atoms with Crippen LogP contribution in [0, 0.1) is 0 Å². The van der Waals surface area contributed by atoms with E-state index in [1.165, 1.54) is 4.31 Å². The molecule has 0 saturated carbocycles. The molecular weight excluding hydrogens is 356 g/mol. The molecule has 0 unspecified atom stereocenters. The zero-order valence-corrected chi connectivity index (χ0v) is 15.1. The van der Waals surface area contributed by atoms with Crippen molar-refractivity contribution in [3.63, 3.8) is 0 Å². The minimum atomic E-state index is -3.52. The van der Waals surface area contributed by atoms with Crippen LogP contribution < -0.4 is 5.32 Å². The molecule has 0 aliphatic heterocycles. The zero-order valence-electron chi connectivity index (χ0n) is 12.7. The first-order chi connectivity index (χ1) is 9.97. The number of hydrogen-bond acceptors (Lipinski definition) is 4. The van der Waals surface area contributed by atoms with Crippen molar-refractivity contribution < 1.29 is 13.2 Å². The number of ether oxygens (including phenoxy) is 1. The van der Waals surface area contributed by atoms with Crippen LogP contribution in [0.15, 0.2) is 27.6 Å². The summed E-state index contributed by atoms with van der Waals surface area (Å²) in [5, 5.41) is 3.02. The Labute approximate surface area is 135 Å². The number of benzene rings is 1. The van der Waals surface area contributed by atoms with E-state index in [2.05, 4.69) is 21.2 Å². The lowest BCUT2D eigenvalue weighted by Crippen LogP contribution is -2.34. The normalized spacial score (nSPS) is 12.0. The van der Waals surface area contributed by atoms with Crippen LogP contribution in [0.3, 0.4) is 0 Å². The molecule has 0 radical (unpaired) electrons. The summed E-state index contributed by atoms with van der Waals surface area (Å²) in [7, 11) is -1.69. The van der Waals surface area contributed by atoms with Crippen molar-refractivity contribution in [3.05, 3.63) is 28.2 Å². The summed E-state index contributed by atoms with van der Waals surface area (Å²) in [5.74, 6) is 0. The van der Waals surface area contributed by atoms with E-state index in [1.807, 2.05) is 27.0 Å². The summed E-state index contributed by atoms with van der Waals surface area (Å²) < 4.78 is 32.8. The first kappa shape index (κ1) is 18.6. The summed E-state index contributed by atoms with van der Waals surface area (Å²) in [5.41, 5.74) is 0.931. The molecule has 0 bridgehead atoms. The molecule has 0 heterocycles. The summed E-state index contributed by atoms with van der Waals surface area (Å²) in [6.07, 6.45) is 0. The zero-order chi connectivity index (χ0) is 15.9. The summed E-state index contributed by atoms with van der Waals surface area (Å²) in [6, 6.07) is 5.38. The highest BCUT2D eigenvalue weighted by Gasteiger charge is 2.25. The van der Waals surface area contributed by atoms with Crippen molar-refractivity contribution in [3.8, 4) is 0 Å². The topological polar surface area (TPSA) is 58.6 Å². The summed E-state index contributed by atoms with van der Waals surface area (Å²) in [4.78, 5) is 0.300. The molecule has 0 amide bonds. The highest BCUT2D eigenvalue weighted by atomic mass is 79.9. The number of likely N-dealkylation sites (N-methyl/N-ethyl adjacent to an activating group) is 1. The summed E-state index contributed by atoms with van der Waals surface area (Å²) in [6.45, 7) is 6.10. The number of hydrogen-bond donors (Lipinski definition) is 1. The number of nitrogens with one attached hydrogen (secondary N) is 1. The van der Waals surface area contributed by atoms with Crippen LogP contribution in [0.2, 0.25) is 0 Å². The molecule has 0 aliphatic carbocycles. The Hall–Kier alpha value is -0.470. The lowest BCUT2D eigenvalue weighted by atomic mass is 10.2. The number of sulfonamides is 1. The van der Waals surface area contributed by atoms with E-state index in [-0.39, 0.29) is 0 Å². The van der Waals surface area contributed by atoms with Crippen molar-refractivity contribution >= 4 is 26.0 Å². The SMILES string of the molecule is CCOCCN(CC)S(=O)(=O)c1cc(CNC)ccc1Br. The van der Waals surface area contributed by atoms with Gasteiger partial charge in [0.1, 0.15) is 0 Å². The van der Waals surface area contributed by atoms with Crippen molar-refractivity contribution in [2.75, 3.05) is 33.4 Å². The van der Waals surface area contributed by atoms with Gasteiger partial charge >= 0.3 is 0 Å². The Bertz CT molecular complexity index is 549. The van der Waals surface area contributed by atoms with Crippen molar-refractivity contribution in [2.24, 2.45) is 0 Å². The van der Waals surface area contributed by atoms with E-state index in [0.29, 0.717) is 42.2 Å². The number of rotatable bonds is 9. The Morgan fingerprint density at radius 3 is 2.62 bits per heavy atom. The highest BCUT2D eigenvalue weighted by molar-refractivity contribution is 9.10. The standard InChI is InChI=1S/C14H23BrN2O3S/c1-4-17(8-9-20-5-2)21(18,19)14-10-12(11-16-3)6-7-13(14)15/h6-7,10,16H,4-5,8-9,11H2,1-3H3. The third-order valence-electron chi connectivity index (χ3n) is 3.04. The van der Waals surface area contributed by atoms with Gasteiger partial charge in [0.05, 0.1) is 11.5 Å². The smallest absolute Gasteiger partial charge is 0.244 e. The average Bonchev–Trinajstić information content (AvgIpc) is 2.45. The predicted octanol–water partition coefficient (Wildman–Crippen LogP) is 2.22. The molecular formula is C14H23BrN2O3S. The number of nitrogens with zero attached hydrogens (tertiary/aromatic N) is 1. The Kier molecular flexibility index (Phi) is 7.83. The molecule has 1 N–H and O–H groups in total. The molecule has 0 aromatic heterocycles. The van der Waals surface area contributed by atoms with Crippen LogP contribution >= 0.6 is 15.9 Å². The van der Waals surface area contributed by atoms with E-state index in [4.69, 9.17) is 4.74 Å². The van der Waals surface area contributed by atoms with E-state index >= 15 is 0 Å². The predicted molar refractivity (Wildman–Crippen MR) is 87.8 cm³/mol. The minimum absolute atomic E-state index is 0.300. The maximum atomic E-state index is 12.8. The Morgan fingerprint density at radius 1 is 1.33 bits per heavy atom. The fraction of sp³-hybridized carbons (Fsp3) is 0.571. The van der Waals surface area contributed by atoms with E-state index in [9.17, 15) is 8.42 Å². The fourth-order valence-electron chi connectivity index (χ4n) is 1.96. The van der Waals surface area contributed by atoms with Gasteiger partial charge < -0.3 is 10.1 Å². The molecule has 0 fully saturated rings. The second-order valence-electron chi connectivity index (χ2n) is 4.49. The molecule has 21 heavy (non-hydrogen) atoms. The maximum absolute atomic E-state index is 12.8. The van der Waals surface area contributed by atoms with Crippen molar-refractivity contribution in [1.29, 1.82) is 0 Å². The largest absolute Gasteiger partial charge is 0.380 e. The molecule has 120 valence electrons. The average molecular weight is 379 g/mol. The van der Waals surface area contributed by atoms with Gasteiger partial charge in [-0.2, -0.15) is 4.31 Å². The van der Waals surface area contributed by atoms with Crippen LogP contribution in [0.5, 0.6) is 0 Å². The molecule has 1 aromatic rings. The molecule has 0 saturated heterocycles. The molecule has 7 heteroatoms. The second-order valence-corrected chi connectivity index (χ2v) is 7.25. The van der Waals surface area contributed by atoms with Gasteiger partial charge in [-0.05, 0) is 47.6 Å². The van der Waals surface area contributed by atoms with Gasteiger partial charge in [0.15, 0.2) is 0 Å². The van der Waals surface area contributed by atoms with Gasteiger partial charge in [-0.15, -0.1) is 0 Å². The van der Waals surface area contributed by atoms with E-state index in [0.717, 1.165) is 5.56 Å². The van der Waals surface area contributed by atoms with Gasteiger partial charge in [0, 0.05) is 30.7 Å². The van der Waals surface area contributed by atoms with Crippen LogP contribution in [0.4, 0.5) is 0 Å². The third-order valence-corrected chi connectivity index (χ3v) is 6.00. The Balaban J connectivity index is 3.06. The van der Waals surface area contributed by atoms with E-state index in [1.54, 1.807) is 12.1 Å². The lowest BCUT2D eigenvalue weighted by Gasteiger charge is -2.21. The fourth-order valence-corrected chi connectivity index (χ4v) is 4.37. The summed E-state index contributed by atoms with van der Waals surface area (Å²) >= 11 is 3.34. The molecule has 0 atom stereocenters. The quantitative estimate of drug-likeness (QED) is 0.669. The van der Waals surface area contributed by atoms with Gasteiger partial charge in [-0.25, -0.2) is 8.42 Å². The molecule has 0 aliphatic rings. The minimum Gasteiger partial charge on any atom is -0.380 e. The maximum Gasteiger partial charge on any atom is 0.244 e. The second kappa shape index (κ2) is 8.85. The van der Waals surface area contributed by atoms with Gasteiger partial charge in [-0.3, -0.25) is 0 Å². The van der Waals surface area contributed by atoms with Gasteiger partial charge in [0.25, 0.3) is 0 Å².